The fourth-order valence-corrected chi connectivity index (χ4v) is 2.16. The summed E-state index contributed by atoms with van der Waals surface area (Å²) >= 11 is 0. The van der Waals surface area contributed by atoms with Crippen LogP contribution in [0.15, 0.2) is 0 Å². The number of hydrogen-bond donors (Lipinski definition) is 2. The first-order valence-corrected chi connectivity index (χ1v) is 6.31. The van der Waals surface area contributed by atoms with Crippen molar-refractivity contribution in [3.05, 3.63) is 17.2 Å². The molecule has 1 aliphatic heterocycles. The van der Waals surface area contributed by atoms with Gasteiger partial charge in [0, 0.05) is 38.3 Å². The van der Waals surface area contributed by atoms with Gasteiger partial charge in [-0.2, -0.15) is 0 Å². The number of nitrogens with zero attached hydrogens (tertiary/aromatic N) is 2. The zero-order valence-electron chi connectivity index (χ0n) is 10.7. The minimum absolute atomic E-state index is 0.175. The molecule has 0 saturated carbocycles. The molecule has 2 heterocycles. The fraction of sp³-hybridized carbons (Fsp3) is 0.750. The van der Waals surface area contributed by atoms with E-state index in [-0.39, 0.29) is 6.10 Å². The second-order valence-electron chi connectivity index (χ2n) is 4.57. The summed E-state index contributed by atoms with van der Waals surface area (Å²) in [5.41, 5.74) is 7.97. The number of hydrogen-bond acceptors (Lipinski definition) is 4. The number of aromatic amines is 1. The molecule has 5 heteroatoms. The Morgan fingerprint density at radius 1 is 1.59 bits per heavy atom. The van der Waals surface area contributed by atoms with Gasteiger partial charge in [-0.1, -0.05) is 6.92 Å². The molecule has 3 N–H and O–H groups in total. The number of ether oxygens (including phenoxy) is 1. The predicted molar refractivity (Wildman–Crippen MR) is 66.8 cm³/mol. The standard InChI is InChI=1S/C12H22N4O/c1-3-12-14-9(2)11(15-12)8-16-4-5-17-10(6-13)7-16/h10H,3-8,13H2,1-2H3,(H,14,15). The van der Waals surface area contributed by atoms with Crippen LogP contribution in [0.25, 0.3) is 0 Å². The smallest absolute Gasteiger partial charge is 0.106 e. The molecule has 0 radical (unpaired) electrons. The van der Waals surface area contributed by atoms with Gasteiger partial charge in [-0.25, -0.2) is 4.98 Å². The third-order valence-electron chi connectivity index (χ3n) is 3.23. The lowest BCUT2D eigenvalue weighted by atomic mass is 10.2. The monoisotopic (exact) mass is 238 g/mol. The molecular formula is C12H22N4O. The molecule has 1 saturated heterocycles. The van der Waals surface area contributed by atoms with Crippen molar-refractivity contribution in [2.75, 3.05) is 26.2 Å². The van der Waals surface area contributed by atoms with Gasteiger partial charge in [-0.3, -0.25) is 4.90 Å². The van der Waals surface area contributed by atoms with Crippen LogP contribution in [0, 0.1) is 6.92 Å². The van der Waals surface area contributed by atoms with Gasteiger partial charge in [0.2, 0.25) is 0 Å². The highest BCUT2D eigenvalue weighted by Gasteiger charge is 2.20. The lowest BCUT2D eigenvalue weighted by molar-refractivity contribution is -0.0264. The van der Waals surface area contributed by atoms with Gasteiger partial charge in [0.05, 0.1) is 18.4 Å². The van der Waals surface area contributed by atoms with Crippen LogP contribution >= 0.6 is 0 Å². The number of morpholine rings is 1. The van der Waals surface area contributed by atoms with E-state index in [1.165, 1.54) is 5.69 Å². The lowest BCUT2D eigenvalue weighted by Gasteiger charge is -2.31. The minimum atomic E-state index is 0.175. The average molecular weight is 238 g/mol. The van der Waals surface area contributed by atoms with E-state index in [2.05, 4.69) is 28.7 Å². The zero-order chi connectivity index (χ0) is 12.3. The Balaban J connectivity index is 1.97. The molecule has 1 aromatic rings. The van der Waals surface area contributed by atoms with E-state index >= 15 is 0 Å². The summed E-state index contributed by atoms with van der Waals surface area (Å²) in [7, 11) is 0. The molecule has 0 spiro atoms. The van der Waals surface area contributed by atoms with Gasteiger partial charge in [0.15, 0.2) is 0 Å². The summed E-state index contributed by atoms with van der Waals surface area (Å²) < 4.78 is 5.56. The lowest BCUT2D eigenvalue weighted by Crippen LogP contribution is -2.45. The Morgan fingerprint density at radius 2 is 2.41 bits per heavy atom. The van der Waals surface area contributed by atoms with Gasteiger partial charge in [-0.05, 0) is 6.92 Å². The van der Waals surface area contributed by atoms with E-state index in [1.807, 2.05) is 0 Å². The maximum absolute atomic E-state index is 5.64. The Labute approximate surface area is 102 Å². The van der Waals surface area contributed by atoms with Gasteiger partial charge in [-0.15, -0.1) is 0 Å². The molecule has 0 bridgehead atoms. The summed E-state index contributed by atoms with van der Waals surface area (Å²) in [5, 5.41) is 0. The molecule has 96 valence electrons. The zero-order valence-corrected chi connectivity index (χ0v) is 10.7. The summed E-state index contributed by atoms with van der Waals surface area (Å²) in [6.07, 6.45) is 1.13. The minimum Gasteiger partial charge on any atom is -0.374 e. The number of nitrogens with one attached hydrogen (secondary N) is 1. The van der Waals surface area contributed by atoms with Crippen molar-refractivity contribution >= 4 is 0 Å². The van der Waals surface area contributed by atoms with Crippen LogP contribution in [-0.4, -0.2) is 47.2 Å². The number of aromatic nitrogens is 2. The van der Waals surface area contributed by atoms with Crippen molar-refractivity contribution in [3.8, 4) is 0 Å². The Kier molecular flexibility index (Phi) is 4.15. The molecule has 17 heavy (non-hydrogen) atoms. The van der Waals surface area contributed by atoms with Crippen molar-refractivity contribution < 1.29 is 4.74 Å². The highest BCUT2D eigenvalue weighted by Crippen LogP contribution is 2.12. The second-order valence-corrected chi connectivity index (χ2v) is 4.57. The van der Waals surface area contributed by atoms with E-state index in [0.29, 0.717) is 6.54 Å². The molecule has 0 amide bonds. The van der Waals surface area contributed by atoms with Crippen molar-refractivity contribution in [1.82, 2.24) is 14.9 Å². The second kappa shape index (κ2) is 5.62. The topological polar surface area (TPSA) is 67.2 Å². The molecule has 1 aliphatic rings. The molecule has 5 nitrogen and oxygen atoms in total. The van der Waals surface area contributed by atoms with E-state index in [4.69, 9.17) is 10.5 Å². The van der Waals surface area contributed by atoms with E-state index in [1.54, 1.807) is 0 Å². The van der Waals surface area contributed by atoms with Gasteiger partial charge < -0.3 is 15.5 Å². The maximum atomic E-state index is 5.64. The van der Waals surface area contributed by atoms with Gasteiger partial charge in [0.25, 0.3) is 0 Å². The highest BCUT2D eigenvalue weighted by molar-refractivity contribution is 5.13. The number of imidazole rings is 1. The molecule has 1 aromatic heterocycles. The third kappa shape index (κ3) is 3.06. The van der Waals surface area contributed by atoms with Crippen LogP contribution in [0.1, 0.15) is 24.1 Å². The highest BCUT2D eigenvalue weighted by atomic mass is 16.5. The Hall–Kier alpha value is -0.910. The van der Waals surface area contributed by atoms with E-state index in [9.17, 15) is 0 Å². The first-order chi connectivity index (χ1) is 8.22. The number of nitrogens with two attached hydrogens (primary N) is 1. The van der Waals surface area contributed by atoms with Crippen LogP contribution in [0.3, 0.4) is 0 Å². The summed E-state index contributed by atoms with van der Waals surface area (Å²) in [6, 6.07) is 0. The van der Waals surface area contributed by atoms with Crippen LogP contribution in [-0.2, 0) is 17.7 Å². The van der Waals surface area contributed by atoms with Crippen molar-refractivity contribution in [2.45, 2.75) is 32.9 Å². The quantitative estimate of drug-likeness (QED) is 0.799. The number of aryl methyl sites for hydroxylation is 2. The van der Waals surface area contributed by atoms with Crippen molar-refractivity contribution in [2.24, 2.45) is 5.73 Å². The Bertz CT molecular complexity index is 363. The number of H-pyrrole nitrogens is 1. The molecule has 1 atom stereocenters. The van der Waals surface area contributed by atoms with Crippen LogP contribution < -0.4 is 5.73 Å². The fourth-order valence-electron chi connectivity index (χ4n) is 2.16. The molecular weight excluding hydrogens is 216 g/mol. The average Bonchev–Trinajstić information content (AvgIpc) is 2.70. The van der Waals surface area contributed by atoms with Crippen LogP contribution in [0.2, 0.25) is 0 Å². The largest absolute Gasteiger partial charge is 0.374 e. The Morgan fingerprint density at radius 3 is 3.06 bits per heavy atom. The SMILES string of the molecule is CCc1nc(CN2CCOC(CN)C2)c(C)[nH]1. The van der Waals surface area contributed by atoms with Gasteiger partial charge in [0.1, 0.15) is 5.82 Å². The molecule has 2 rings (SSSR count). The van der Waals surface area contributed by atoms with Crippen molar-refractivity contribution in [3.63, 3.8) is 0 Å². The normalized spacial score (nSPS) is 21.9. The first-order valence-electron chi connectivity index (χ1n) is 6.31. The summed E-state index contributed by atoms with van der Waals surface area (Å²) in [5.74, 6) is 1.07. The third-order valence-corrected chi connectivity index (χ3v) is 3.23. The molecule has 1 fully saturated rings. The predicted octanol–water partition coefficient (Wildman–Crippen LogP) is 0.440. The van der Waals surface area contributed by atoms with E-state index in [0.717, 1.165) is 44.2 Å². The van der Waals surface area contributed by atoms with Gasteiger partial charge >= 0.3 is 0 Å². The van der Waals surface area contributed by atoms with Crippen molar-refractivity contribution in [1.29, 1.82) is 0 Å². The summed E-state index contributed by atoms with van der Waals surface area (Å²) in [4.78, 5) is 10.3. The first kappa shape index (κ1) is 12.5. The summed E-state index contributed by atoms with van der Waals surface area (Å²) in [6.45, 7) is 8.32. The maximum Gasteiger partial charge on any atom is 0.106 e. The molecule has 0 aliphatic carbocycles. The molecule has 1 unspecified atom stereocenters. The molecule has 0 aromatic carbocycles. The van der Waals surface area contributed by atoms with Crippen LogP contribution in [0.4, 0.5) is 0 Å². The van der Waals surface area contributed by atoms with E-state index < -0.39 is 0 Å². The number of rotatable bonds is 4. The van der Waals surface area contributed by atoms with Crippen LogP contribution in [0.5, 0.6) is 0 Å².